The van der Waals surface area contributed by atoms with Crippen LogP contribution in [-0.2, 0) is 13.0 Å². The minimum atomic E-state index is -0.242. The highest BCUT2D eigenvalue weighted by Crippen LogP contribution is 2.26. The Labute approximate surface area is 173 Å². The summed E-state index contributed by atoms with van der Waals surface area (Å²) in [4.78, 5) is 16.9. The van der Waals surface area contributed by atoms with E-state index >= 15 is 0 Å². The van der Waals surface area contributed by atoms with Crippen molar-refractivity contribution >= 4 is 50.5 Å². The van der Waals surface area contributed by atoms with E-state index < -0.39 is 0 Å². The van der Waals surface area contributed by atoms with E-state index in [-0.39, 0.29) is 5.91 Å². The molecule has 0 saturated heterocycles. The molecule has 0 atom stereocenters. The maximum atomic E-state index is 12.4. The summed E-state index contributed by atoms with van der Waals surface area (Å²) in [5.74, 6) is 1.19. The van der Waals surface area contributed by atoms with E-state index in [2.05, 4.69) is 43.0 Å². The van der Waals surface area contributed by atoms with Crippen LogP contribution >= 0.6 is 39.5 Å². The summed E-state index contributed by atoms with van der Waals surface area (Å²) in [6.07, 6.45) is 2.26. The van der Waals surface area contributed by atoms with Crippen molar-refractivity contribution in [2.45, 2.75) is 13.0 Å². The molecular weight excluding hydrogens is 450 g/mol. The summed E-state index contributed by atoms with van der Waals surface area (Å²) in [5, 5.41) is 12.2. The van der Waals surface area contributed by atoms with Gasteiger partial charge in [0, 0.05) is 17.5 Å². The van der Waals surface area contributed by atoms with E-state index in [1.807, 2.05) is 9.95 Å². The number of nitrogens with zero attached hydrogens (tertiary/aromatic N) is 3. The van der Waals surface area contributed by atoms with E-state index in [0.717, 1.165) is 11.5 Å². The molecule has 0 fully saturated rings. The maximum absolute atomic E-state index is 12.4. The van der Waals surface area contributed by atoms with Gasteiger partial charge in [-0.2, -0.15) is 5.10 Å². The Balaban J connectivity index is 1.71. The normalized spacial score (nSPS) is 10.6. The van der Waals surface area contributed by atoms with E-state index in [1.54, 1.807) is 31.4 Å². The van der Waals surface area contributed by atoms with Crippen molar-refractivity contribution in [3.63, 3.8) is 0 Å². The molecule has 140 valence electrons. The number of amides is 1. The van der Waals surface area contributed by atoms with Gasteiger partial charge in [-0.15, -0.1) is 17.9 Å². The fourth-order valence-corrected chi connectivity index (χ4v) is 3.86. The van der Waals surface area contributed by atoms with Crippen LogP contribution in [0.1, 0.15) is 21.9 Å². The number of hydrogen-bond donors (Lipinski definition) is 2. The first-order chi connectivity index (χ1) is 13.0. The van der Waals surface area contributed by atoms with Gasteiger partial charge in [0.2, 0.25) is 0 Å². The summed E-state index contributed by atoms with van der Waals surface area (Å²) in [5.41, 5.74) is 1.30. The van der Waals surface area contributed by atoms with Crippen LogP contribution < -0.4 is 10.1 Å². The minimum absolute atomic E-state index is 0.242. The molecule has 27 heavy (non-hydrogen) atoms. The number of halogens is 1. The molecule has 0 spiro atoms. The second kappa shape index (κ2) is 8.59. The van der Waals surface area contributed by atoms with Gasteiger partial charge in [-0.05, 0) is 46.3 Å². The Morgan fingerprint density at radius 2 is 2.37 bits per heavy atom. The highest BCUT2D eigenvalue weighted by molar-refractivity contribution is 9.10. The average Bonchev–Trinajstić information content (AvgIpc) is 3.23. The predicted molar refractivity (Wildman–Crippen MR) is 111 cm³/mol. The molecule has 1 aromatic carbocycles. The van der Waals surface area contributed by atoms with Crippen LogP contribution in [0.3, 0.4) is 0 Å². The number of anilines is 1. The number of H-pyrrole nitrogens is 1. The number of aromatic nitrogens is 4. The van der Waals surface area contributed by atoms with E-state index in [0.29, 0.717) is 38.7 Å². The minimum Gasteiger partial charge on any atom is -0.496 e. The molecule has 0 saturated carbocycles. The second-order valence-electron chi connectivity index (χ2n) is 5.47. The summed E-state index contributed by atoms with van der Waals surface area (Å²) < 4.78 is 8.28. The quantitative estimate of drug-likeness (QED) is 0.403. The highest BCUT2D eigenvalue weighted by atomic mass is 79.9. The lowest BCUT2D eigenvalue weighted by Crippen LogP contribution is -2.12. The lowest BCUT2D eigenvalue weighted by molar-refractivity contribution is 0.102. The summed E-state index contributed by atoms with van der Waals surface area (Å²) in [6.45, 7) is 4.30. The Hall–Kier alpha value is -2.30. The van der Waals surface area contributed by atoms with Crippen molar-refractivity contribution in [3.8, 4) is 5.75 Å². The molecule has 0 aliphatic carbocycles. The van der Waals surface area contributed by atoms with Crippen LogP contribution in [-0.4, -0.2) is 32.8 Å². The SMILES string of the molecule is C=CCn1c(Cc2csc(NC(=O)c3ccc(OC)c(Br)c3)n2)n[nH]c1=S. The molecule has 2 N–H and O–H groups in total. The zero-order valence-corrected chi connectivity index (χ0v) is 17.6. The third-order valence-electron chi connectivity index (χ3n) is 3.67. The molecule has 7 nitrogen and oxygen atoms in total. The molecule has 2 heterocycles. The Morgan fingerprint density at radius 3 is 3.07 bits per heavy atom. The molecule has 0 aliphatic heterocycles. The number of ether oxygens (including phenoxy) is 1. The first kappa shape index (κ1) is 19.5. The lowest BCUT2D eigenvalue weighted by atomic mass is 10.2. The maximum Gasteiger partial charge on any atom is 0.257 e. The molecule has 0 aliphatic rings. The van der Waals surface area contributed by atoms with Crippen molar-refractivity contribution in [1.82, 2.24) is 19.7 Å². The topological polar surface area (TPSA) is 84.8 Å². The Bertz CT molecular complexity index is 1040. The molecule has 3 aromatic rings. The van der Waals surface area contributed by atoms with Crippen LogP contribution in [0, 0.1) is 4.77 Å². The van der Waals surface area contributed by atoms with Gasteiger partial charge in [0.05, 0.1) is 23.7 Å². The number of hydrogen-bond acceptors (Lipinski definition) is 6. The fourth-order valence-electron chi connectivity index (χ4n) is 2.39. The van der Waals surface area contributed by atoms with Crippen molar-refractivity contribution in [3.05, 3.63) is 62.6 Å². The number of carbonyl (C=O) groups excluding carboxylic acids is 1. The monoisotopic (exact) mass is 465 g/mol. The van der Waals surface area contributed by atoms with Gasteiger partial charge >= 0.3 is 0 Å². The smallest absolute Gasteiger partial charge is 0.257 e. The number of rotatable bonds is 7. The Morgan fingerprint density at radius 1 is 1.56 bits per heavy atom. The number of thiazole rings is 1. The van der Waals surface area contributed by atoms with Crippen LogP contribution in [0.2, 0.25) is 0 Å². The Kier molecular flexibility index (Phi) is 6.19. The van der Waals surface area contributed by atoms with Gasteiger partial charge in [0.15, 0.2) is 9.90 Å². The van der Waals surface area contributed by atoms with Gasteiger partial charge in [-0.1, -0.05) is 6.08 Å². The summed E-state index contributed by atoms with van der Waals surface area (Å²) in [6, 6.07) is 5.13. The van der Waals surface area contributed by atoms with Crippen molar-refractivity contribution < 1.29 is 9.53 Å². The molecule has 0 unspecified atom stereocenters. The number of aromatic amines is 1. The number of carbonyl (C=O) groups is 1. The number of nitrogens with one attached hydrogen (secondary N) is 2. The van der Waals surface area contributed by atoms with E-state index in [9.17, 15) is 4.79 Å². The average molecular weight is 466 g/mol. The molecule has 1 amide bonds. The van der Waals surface area contributed by atoms with E-state index in [1.165, 1.54) is 11.3 Å². The molecule has 2 aromatic heterocycles. The first-order valence-corrected chi connectivity index (χ1v) is 9.94. The molecule has 0 radical (unpaired) electrons. The van der Waals surface area contributed by atoms with Crippen LogP contribution in [0.4, 0.5) is 5.13 Å². The largest absolute Gasteiger partial charge is 0.496 e. The lowest BCUT2D eigenvalue weighted by Gasteiger charge is -2.06. The number of allylic oxidation sites excluding steroid dienone is 1. The second-order valence-corrected chi connectivity index (χ2v) is 7.57. The summed E-state index contributed by atoms with van der Waals surface area (Å²) >= 11 is 9.94. The third kappa shape index (κ3) is 4.52. The van der Waals surface area contributed by atoms with E-state index in [4.69, 9.17) is 17.0 Å². The van der Waals surface area contributed by atoms with Crippen molar-refractivity contribution in [2.75, 3.05) is 12.4 Å². The van der Waals surface area contributed by atoms with Crippen molar-refractivity contribution in [2.24, 2.45) is 0 Å². The van der Waals surface area contributed by atoms with Crippen LogP contribution in [0.15, 0.2) is 40.7 Å². The number of benzene rings is 1. The first-order valence-electron chi connectivity index (χ1n) is 7.86. The molecular formula is C17H16BrN5O2S2. The van der Waals surface area contributed by atoms with Crippen LogP contribution in [0.25, 0.3) is 0 Å². The zero-order chi connectivity index (χ0) is 19.4. The van der Waals surface area contributed by atoms with Gasteiger partial charge in [-0.3, -0.25) is 19.8 Å². The summed E-state index contributed by atoms with van der Waals surface area (Å²) in [7, 11) is 1.57. The van der Waals surface area contributed by atoms with Crippen LogP contribution in [0.5, 0.6) is 5.75 Å². The zero-order valence-electron chi connectivity index (χ0n) is 14.4. The van der Waals surface area contributed by atoms with Gasteiger partial charge in [0.1, 0.15) is 11.6 Å². The molecule has 3 rings (SSSR count). The van der Waals surface area contributed by atoms with Crippen molar-refractivity contribution in [1.29, 1.82) is 0 Å². The predicted octanol–water partition coefficient (Wildman–Crippen LogP) is 4.20. The fraction of sp³-hybridized carbons (Fsp3) is 0.176. The standard InChI is InChI=1S/C17H16BrN5O2S2/c1-3-6-23-14(21-22-17(23)26)8-11-9-27-16(19-11)20-15(24)10-4-5-13(25-2)12(18)7-10/h3-5,7,9H,1,6,8H2,2H3,(H,22,26)(H,19,20,24). The number of methoxy groups -OCH3 is 1. The van der Waals surface area contributed by atoms with Gasteiger partial charge < -0.3 is 4.74 Å². The molecule has 10 heteroatoms. The highest BCUT2D eigenvalue weighted by Gasteiger charge is 2.13. The third-order valence-corrected chi connectivity index (χ3v) is 5.41. The van der Waals surface area contributed by atoms with Gasteiger partial charge in [-0.25, -0.2) is 4.98 Å². The van der Waals surface area contributed by atoms with Gasteiger partial charge in [0.25, 0.3) is 5.91 Å². The molecule has 0 bridgehead atoms.